The van der Waals surface area contributed by atoms with Crippen LogP contribution in [0.15, 0.2) is 36.4 Å². The quantitative estimate of drug-likeness (QED) is 0.497. The number of aromatic nitrogens is 2. The summed E-state index contributed by atoms with van der Waals surface area (Å²) in [6.07, 6.45) is 3.48. The van der Waals surface area contributed by atoms with E-state index in [0.717, 1.165) is 60.9 Å². The van der Waals surface area contributed by atoms with E-state index >= 15 is 0 Å². The molecule has 1 fully saturated rings. The van der Waals surface area contributed by atoms with Crippen LogP contribution in [0, 0.1) is 0 Å². The van der Waals surface area contributed by atoms with Crippen molar-refractivity contribution in [3.05, 3.63) is 47.7 Å². The molecule has 0 spiro atoms. The number of benzene rings is 2. The highest BCUT2D eigenvalue weighted by molar-refractivity contribution is 5.92. The molecule has 5 nitrogen and oxygen atoms in total. The molecule has 5 heteroatoms. The molecule has 0 bridgehead atoms. The van der Waals surface area contributed by atoms with Gasteiger partial charge in [-0.15, -0.1) is 0 Å². The van der Waals surface area contributed by atoms with Gasteiger partial charge in [0.25, 0.3) is 0 Å². The Morgan fingerprint density at radius 1 is 1.00 bits per heavy atom. The van der Waals surface area contributed by atoms with Crippen molar-refractivity contribution in [1.29, 1.82) is 0 Å². The molecule has 1 aromatic heterocycles. The Morgan fingerprint density at radius 2 is 1.79 bits per heavy atom. The largest absolute Gasteiger partial charge is 0.497 e. The lowest BCUT2D eigenvalue weighted by Crippen LogP contribution is -2.46. The first-order valence-corrected chi connectivity index (χ1v) is 10.7. The Hall–Kier alpha value is -2.66. The Balaban J connectivity index is 1.34. The third kappa shape index (κ3) is 3.44. The number of methoxy groups -OCH3 is 1. The average Bonchev–Trinajstić information content (AvgIpc) is 2.76. The van der Waals surface area contributed by atoms with Gasteiger partial charge in [0.2, 0.25) is 0 Å². The van der Waals surface area contributed by atoms with Crippen molar-refractivity contribution >= 4 is 16.6 Å². The molecule has 0 amide bonds. The second-order valence-electron chi connectivity index (χ2n) is 8.08. The molecule has 2 heterocycles. The lowest BCUT2D eigenvalue weighted by molar-refractivity contribution is 0.254. The summed E-state index contributed by atoms with van der Waals surface area (Å²) in [5, 5.41) is 1.20. The van der Waals surface area contributed by atoms with E-state index in [9.17, 15) is 0 Å². The summed E-state index contributed by atoms with van der Waals surface area (Å²) in [5.74, 6) is 1.68. The van der Waals surface area contributed by atoms with Crippen molar-refractivity contribution in [1.82, 2.24) is 14.9 Å². The molecule has 150 valence electrons. The molecule has 29 heavy (non-hydrogen) atoms. The average molecular weight is 389 g/mol. The maximum atomic E-state index is 5.42. The molecule has 2 aromatic carbocycles. The number of ether oxygens (including phenoxy) is 1. The van der Waals surface area contributed by atoms with Crippen molar-refractivity contribution < 1.29 is 4.74 Å². The first-order chi connectivity index (χ1) is 14.2. The molecule has 1 saturated heterocycles. The van der Waals surface area contributed by atoms with Gasteiger partial charge in [-0.05, 0) is 48.9 Å². The molecule has 0 atom stereocenters. The molecule has 0 radical (unpaired) electrons. The third-order valence-corrected chi connectivity index (χ3v) is 6.21. The number of anilines is 1. The second kappa shape index (κ2) is 7.64. The molecule has 3 aromatic rings. The lowest BCUT2D eigenvalue weighted by atomic mass is 9.91. The zero-order chi connectivity index (χ0) is 19.8. The van der Waals surface area contributed by atoms with Crippen molar-refractivity contribution in [2.75, 3.05) is 44.7 Å². The first-order valence-electron chi connectivity index (χ1n) is 10.7. The summed E-state index contributed by atoms with van der Waals surface area (Å²) >= 11 is 0. The minimum Gasteiger partial charge on any atom is -0.497 e. The van der Waals surface area contributed by atoms with E-state index in [1.165, 1.54) is 36.0 Å². The smallest absolute Gasteiger partial charge is 0.160 e. The number of unbranched alkanes of at least 4 members (excludes halogenated alkanes) is 1. The fourth-order valence-electron chi connectivity index (χ4n) is 4.42. The summed E-state index contributed by atoms with van der Waals surface area (Å²) in [6, 6.07) is 12.9. The summed E-state index contributed by atoms with van der Waals surface area (Å²) < 4.78 is 5.42. The highest BCUT2D eigenvalue weighted by Gasteiger charge is 2.22. The molecule has 0 saturated carbocycles. The van der Waals surface area contributed by atoms with Gasteiger partial charge >= 0.3 is 0 Å². The Kier molecular flexibility index (Phi) is 4.84. The van der Waals surface area contributed by atoms with E-state index < -0.39 is 0 Å². The molecule has 2 aliphatic rings. The Labute approximate surface area is 172 Å². The standard InChI is InChI=1S/C24H28N4O/c1-3-4-9-27-10-12-28(13-11-27)19-7-5-17(6-8-19)24-25-21-15-18-14-20(29-2)16-22(26-24)23(18)21/h5-8,14,16H,3-4,9-13,15H2,1-2H3. The van der Waals surface area contributed by atoms with Gasteiger partial charge in [-0.1, -0.05) is 13.3 Å². The van der Waals surface area contributed by atoms with Crippen LogP contribution < -0.4 is 9.64 Å². The van der Waals surface area contributed by atoms with Crippen LogP contribution in [0.2, 0.25) is 0 Å². The van der Waals surface area contributed by atoms with Gasteiger partial charge in [-0.2, -0.15) is 0 Å². The third-order valence-electron chi connectivity index (χ3n) is 6.21. The van der Waals surface area contributed by atoms with Crippen molar-refractivity contribution in [2.45, 2.75) is 26.2 Å². The van der Waals surface area contributed by atoms with Crippen LogP contribution in [-0.2, 0) is 6.42 Å². The highest BCUT2D eigenvalue weighted by Crippen LogP contribution is 2.37. The number of rotatable bonds is 6. The second-order valence-corrected chi connectivity index (χ2v) is 8.08. The zero-order valence-electron chi connectivity index (χ0n) is 17.3. The maximum Gasteiger partial charge on any atom is 0.160 e. The van der Waals surface area contributed by atoms with E-state index in [1.807, 2.05) is 6.07 Å². The Bertz CT molecular complexity index is 1020. The molecule has 1 aliphatic carbocycles. The van der Waals surface area contributed by atoms with Crippen LogP contribution in [0.4, 0.5) is 5.69 Å². The Morgan fingerprint density at radius 3 is 2.52 bits per heavy atom. The summed E-state index contributed by atoms with van der Waals surface area (Å²) in [5.41, 5.74) is 5.79. The minimum absolute atomic E-state index is 0.808. The van der Waals surface area contributed by atoms with Crippen LogP contribution in [0.5, 0.6) is 5.75 Å². The van der Waals surface area contributed by atoms with E-state index in [0.29, 0.717) is 0 Å². The molecule has 5 rings (SSSR count). The normalized spacial score (nSPS) is 16.1. The molecule has 0 unspecified atom stereocenters. The van der Waals surface area contributed by atoms with Crippen molar-refractivity contribution in [3.8, 4) is 17.1 Å². The van der Waals surface area contributed by atoms with E-state index in [-0.39, 0.29) is 0 Å². The predicted molar refractivity (Wildman–Crippen MR) is 118 cm³/mol. The van der Waals surface area contributed by atoms with E-state index in [2.05, 4.69) is 47.1 Å². The van der Waals surface area contributed by atoms with Gasteiger partial charge in [-0.25, -0.2) is 9.97 Å². The monoisotopic (exact) mass is 388 g/mol. The topological polar surface area (TPSA) is 41.5 Å². The summed E-state index contributed by atoms with van der Waals surface area (Å²) in [6.45, 7) is 8.01. The minimum atomic E-state index is 0.808. The highest BCUT2D eigenvalue weighted by atomic mass is 16.5. The van der Waals surface area contributed by atoms with Crippen LogP contribution in [0.1, 0.15) is 31.0 Å². The van der Waals surface area contributed by atoms with Gasteiger partial charge in [-0.3, -0.25) is 4.90 Å². The van der Waals surface area contributed by atoms with Crippen LogP contribution in [-0.4, -0.2) is 54.7 Å². The SMILES string of the molecule is CCCCN1CCN(c2ccc(-c3nc4c5c(cc(OC)cc5n3)C4)cc2)CC1. The number of hydrogen-bond donors (Lipinski definition) is 0. The fourth-order valence-corrected chi connectivity index (χ4v) is 4.42. The van der Waals surface area contributed by atoms with Gasteiger partial charge < -0.3 is 9.64 Å². The van der Waals surface area contributed by atoms with Crippen LogP contribution >= 0.6 is 0 Å². The van der Waals surface area contributed by atoms with Gasteiger partial charge in [0, 0.05) is 55.3 Å². The van der Waals surface area contributed by atoms with Gasteiger partial charge in [0.15, 0.2) is 5.82 Å². The number of hydrogen-bond acceptors (Lipinski definition) is 5. The fraction of sp³-hybridized carbons (Fsp3) is 0.417. The molecular weight excluding hydrogens is 360 g/mol. The summed E-state index contributed by atoms with van der Waals surface area (Å²) in [7, 11) is 1.71. The van der Waals surface area contributed by atoms with E-state index in [1.54, 1.807) is 7.11 Å². The first kappa shape index (κ1) is 18.4. The molecule has 1 aliphatic heterocycles. The van der Waals surface area contributed by atoms with Crippen LogP contribution in [0.3, 0.4) is 0 Å². The zero-order valence-corrected chi connectivity index (χ0v) is 17.3. The van der Waals surface area contributed by atoms with Gasteiger partial charge in [0.1, 0.15) is 5.75 Å². The van der Waals surface area contributed by atoms with Crippen LogP contribution in [0.25, 0.3) is 22.3 Å². The summed E-state index contributed by atoms with van der Waals surface area (Å²) in [4.78, 5) is 14.7. The van der Waals surface area contributed by atoms with Crippen molar-refractivity contribution in [2.24, 2.45) is 0 Å². The predicted octanol–water partition coefficient (Wildman–Crippen LogP) is 4.13. The maximum absolute atomic E-state index is 5.42. The number of piperazine rings is 1. The molecular formula is C24H28N4O. The van der Waals surface area contributed by atoms with E-state index in [4.69, 9.17) is 14.7 Å². The lowest BCUT2D eigenvalue weighted by Gasteiger charge is -2.36. The van der Waals surface area contributed by atoms with Gasteiger partial charge in [0.05, 0.1) is 18.3 Å². The van der Waals surface area contributed by atoms with Crippen molar-refractivity contribution in [3.63, 3.8) is 0 Å². The number of nitrogens with zero attached hydrogens (tertiary/aromatic N) is 4. The molecule has 0 N–H and O–H groups in total.